The summed E-state index contributed by atoms with van der Waals surface area (Å²) in [6.45, 7) is 7.34. The van der Waals surface area contributed by atoms with Gasteiger partial charge in [0, 0.05) is 52.4 Å². The van der Waals surface area contributed by atoms with Crippen molar-refractivity contribution in [1.29, 1.82) is 0 Å². The second-order valence-corrected chi connectivity index (χ2v) is 7.73. The summed E-state index contributed by atoms with van der Waals surface area (Å²) in [6, 6.07) is 0.252. The first-order valence-electron chi connectivity index (χ1n) is 9.58. The summed E-state index contributed by atoms with van der Waals surface area (Å²) >= 11 is 0. The molecule has 140 valence electrons. The molecule has 0 aromatic carbocycles. The van der Waals surface area contributed by atoms with Gasteiger partial charge in [-0.1, -0.05) is 26.2 Å². The van der Waals surface area contributed by atoms with Crippen molar-refractivity contribution in [3.63, 3.8) is 0 Å². The number of aliphatic hydroxyl groups excluding tert-OH is 1. The highest BCUT2D eigenvalue weighted by molar-refractivity contribution is 5.74. The number of hydrogen-bond donors (Lipinski definition) is 2. The highest BCUT2D eigenvalue weighted by Crippen LogP contribution is 2.26. The highest BCUT2D eigenvalue weighted by atomic mass is 16.3. The summed E-state index contributed by atoms with van der Waals surface area (Å²) in [5.74, 6) is 0.747. The van der Waals surface area contributed by atoms with E-state index in [9.17, 15) is 9.90 Å². The minimum atomic E-state index is -0.487. The summed E-state index contributed by atoms with van der Waals surface area (Å²) in [7, 11) is 3.91. The van der Waals surface area contributed by atoms with E-state index in [2.05, 4.69) is 29.1 Å². The van der Waals surface area contributed by atoms with Gasteiger partial charge in [-0.2, -0.15) is 0 Å². The van der Waals surface area contributed by atoms with Crippen molar-refractivity contribution in [3.8, 4) is 0 Å². The molecule has 0 radical (unpaired) electrons. The molecule has 2 rings (SSSR count). The molecule has 1 aliphatic heterocycles. The van der Waals surface area contributed by atoms with Crippen LogP contribution in [-0.4, -0.2) is 91.3 Å². The summed E-state index contributed by atoms with van der Waals surface area (Å²) < 4.78 is 0. The maximum atomic E-state index is 12.4. The largest absolute Gasteiger partial charge is 0.390 e. The zero-order valence-corrected chi connectivity index (χ0v) is 15.7. The molecule has 1 aliphatic carbocycles. The number of aliphatic hydroxyl groups is 1. The van der Waals surface area contributed by atoms with Gasteiger partial charge in [0.05, 0.1) is 6.10 Å². The van der Waals surface area contributed by atoms with Gasteiger partial charge in [0.15, 0.2) is 0 Å². The summed E-state index contributed by atoms with van der Waals surface area (Å²) in [5.41, 5.74) is 0. The summed E-state index contributed by atoms with van der Waals surface area (Å²) in [6.07, 6.45) is 5.40. The van der Waals surface area contributed by atoms with Gasteiger partial charge in [-0.15, -0.1) is 0 Å². The average Bonchev–Trinajstić information content (AvgIpc) is 2.57. The lowest BCUT2D eigenvalue weighted by atomic mass is 9.84. The molecular weight excluding hydrogens is 304 g/mol. The van der Waals surface area contributed by atoms with E-state index in [0.717, 1.165) is 44.9 Å². The molecule has 0 spiro atoms. The Labute approximate surface area is 147 Å². The Kier molecular flexibility index (Phi) is 7.78. The maximum absolute atomic E-state index is 12.4. The quantitative estimate of drug-likeness (QED) is 0.763. The average molecular weight is 341 g/mol. The Bertz CT molecular complexity index is 385. The second-order valence-electron chi connectivity index (χ2n) is 7.73. The fourth-order valence-electron chi connectivity index (χ4n) is 3.86. The van der Waals surface area contributed by atoms with Crippen LogP contribution in [0, 0.1) is 5.92 Å². The minimum absolute atomic E-state index is 0.0471. The number of hydrogen-bond acceptors (Lipinski definition) is 4. The number of carbonyl (C=O) groups is 1. The molecule has 0 unspecified atom stereocenters. The first kappa shape index (κ1) is 19.5. The number of carbonyl (C=O) groups excluding carboxylic acids is 1. The Hall–Kier alpha value is -0.850. The van der Waals surface area contributed by atoms with Crippen LogP contribution in [0.15, 0.2) is 0 Å². The number of β-amino-alcohol motifs (C(OH)–C–C–N with tert-alkyl or cyclic N) is 1. The smallest absolute Gasteiger partial charge is 0.317 e. The van der Waals surface area contributed by atoms with E-state index in [1.807, 2.05) is 0 Å². The summed E-state index contributed by atoms with van der Waals surface area (Å²) in [4.78, 5) is 18.6. The predicted molar refractivity (Wildman–Crippen MR) is 97.1 cm³/mol. The van der Waals surface area contributed by atoms with Crippen LogP contribution >= 0.6 is 0 Å². The zero-order valence-electron chi connectivity index (χ0n) is 15.7. The van der Waals surface area contributed by atoms with Gasteiger partial charge >= 0.3 is 6.03 Å². The molecule has 1 heterocycles. The van der Waals surface area contributed by atoms with Crippen molar-refractivity contribution >= 4 is 6.03 Å². The minimum Gasteiger partial charge on any atom is -0.390 e. The SMILES string of the molecule is CC[C@@H]1CCC[C@H](NC(=O)N(C)C[C@@H](O)CN2CCN(C)CC2)C1. The molecule has 6 nitrogen and oxygen atoms in total. The van der Waals surface area contributed by atoms with Crippen LogP contribution in [0.3, 0.4) is 0 Å². The number of likely N-dealkylation sites (N-methyl/N-ethyl adjacent to an activating group) is 2. The Balaban J connectivity index is 1.68. The van der Waals surface area contributed by atoms with Crippen molar-refractivity contribution < 1.29 is 9.90 Å². The van der Waals surface area contributed by atoms with Crippen molar-refractivity contribution in [1.82, 2.24) is 20.0 Å². The fourth-order valence-corrected chi connectivity index (χ4v) is 3.86. The van der Waals surface area contributed by atoms with Gasteiger partial charge < -0.3 is 20.2 Å². The van der Waals surface area contributed by atoms with E-state index in [0.29, 0.717) is 19.1 Å². The van der Waals surface area contributed by atoms with Crippen molar-refractivity contribution in [2.45, 2.75) is 51.2 Å². The molecule has 1 saturated carbocycles. The number of nitrogens with one attached hydrogen (secondary N) is 1. The van der Waals surface area contributed by atoms with Crippen LogP contribution in [0.4, 0.5) is 4.79 Å². The molecular formula is C18H36N4O2. The zero-order chi connectivity index (χ0) is 17.5. The van der Waals surface area contributed by atoms with E-state index < -0.39 is 6.10 Å². The van der Waals surface area contributed by atoms with Gasteiger partial charge in [-0.25, -0.2) is 4.79 Å². The van der Waals surface area contributed by atoms with Crippen molar-refractivity contribution in [2.24, 2.45) is 5.92 Å². The topological polar surface area (TPSA) is 59.1 Å². The van der Waals surface area contributed by atoms with Crippen LogP contribution in [-0.2, 0) is 0 Å². The lowest BCUT2D eigenvalue weighted by Crippen LogP contribution is -2.51. The number of nitrogens with zero attached hydrogens (tertiary/aromatic N) is 3. The molecule has 24 heavy (non-hydrogen) atoms. The fraction of sp³-hybridized carbons (Fsp3) is 0.944. The first-order chi connectivity index (χ1) is 11.5. The monoisotopic (exact) mass is 340 g/mol. The third kappa shape index (κ3) is 6.22. The van der Waals surface area contributed by atoms with E-state index in [1.165, 1.54) is 19.3 Å². The summed E-state index contributed by atoms with van der Waals surface area (Å²) in [5, 5.41) is 13.4. The van der Waals surface area contributed by atoms with E-state index in [4.69, 9.17) is 0 Å². The highest BCUT2D eigenvalue weighted by Gasteiger charge is 2.24. The van der Waals surface area contributed by atoms with Crippen LogP contribution < -0.4 is 5.32 Å². The van der Waals surface area contributed by atoms with Gasteiger partial charge in [-0.05, 0) is 25.8 Å². The van der Waals surface area contributed by atoms with Gasteiger partial charge in [0.1, 0.15) is 0 Å². The van der Waals surface area contributed by atoms with Gasteiger partial charge in [0.25, 0.3) is 0 Å². The van der Waals surface area contributed by atoms with E-state index in [1.54, 1.807) is 11.9 Å². The molecule has 2 N–H and O–H groups in total. The maximum Gasteiger partial charge on any atom is 0.317 e. The second kappa shape index (κ2) is 9.59. The number of amides is 2. The number of urea groups is 1. The van der Waals surface area contributed by atoms with E-state index >= 15 is 0 Å². The molecule has 2 aliphatic rings. The van der Waals surface area contributed by atoms with Crippen LogP contribution in [0.1, 0.15) is 39.0 Å². The Morgan fingerprint density at radius 2 is 2.00 bits per heavy atom. The third-order valence-corrected chi connectivity index (χ3v) is 5.58. The molecule has 1 saturated heterocycles. The van der Waals surface area contributed by atoms with E-state index in [-0.39, 0.29) is 6.03 Å². The van der Waals surface area contributed by atoms with Crippen LogP contribution in [0.5, 0.6) is 0 Å². The lowest BCUT2D eigenvalue weighted by Gasteiger charge is -2.34. The Morgan fingerprint density at radius 1 is 1.29 bits per heavy atom. The normalized spacial score (nSPS) is 27.7. The first-order valence-corrected chi connectivity index (χ1v) is 9.58. The molecule has 2 amide bonds. The lowest BCUT2D eigenvalue weighted by molar-refractivity contribution is 0.0652. The van der Waals surface area contributed by atoms with Gasteiger partial charge in [0.2, 0.25) is 0 Å². The predicted octanol–water partition coefficient (Wildman–Crippen LogP) is 1.20. The molecule has 0 aromatic heterocycles. The molecule has 3 atom stereocenters. The third-order valence-electron chi connectivity index (χ3n) is 5.58. The van der Waals surface area contributed by atoms with Crippen LogP contribution in [0.25, 0.3) is 0 Å². The molecule has 0 aromatic rings. The molecule has 2 fully saturated rings. The standard InChI is InChI=1S/C18H36N4O2/c1-4-15-6-5-7-16(12-15)19-18(24)21(3)13-17(23)14-22-10-8-20(2)9-11-22/h15-17,23H,4-14H2,1-3H3,(H,19,24)/t15-,16+,17-/m1/s1. The number of rotatable bonds is 6. The number of piperazine rings is 1. The molecule has 6 heteroatoms. The van der Waals surface area contributed by atoms with Crippen molar-refractivity contribution in [2.75, 3.05) is 53.4 Å². The molecule has 0 bridgehead atoms. The van der Waals surface area contributed by atoms with Gasteiger partial charge in [-0.3, -0.25) is 4.90 Å². The van der Waals surface area contributed by atoms with Crippen LogP contribution in [0.2, 0.25) is 0 Å². The van der Waals surface area contributed by atoms with Crippen molar-refractivity contribution in [3.05, 3.63) is 0 Å². The Morgan fingerprint density at radius 3 is 2.67 bits per heavy atom.